The molecule has 0 N–H and O–H groups in total. The molecule has 2 fully saturated rings. The number of benzene rings is 1. The first-order valence-corrected chi connectivity index (χ1v) is 10.0. The Balaban J connectivity index is 1.22. The third kappa shape index (κ3) is 5.50. The van der Waals surface area contributed by atoms with Crippen molar-refractivity contribution in [2.45, 2.75) is 38.5 Å². The van der Waals surface area contributed by atoms with Crippen molar-refractivity contribution in [2.75, 3.05) is 39.3 Å². The number of rotatable bonds is 7. The zero-order chi connectivity index (χ0) is 19.2. The molecule has 3 heterocycles. The van der Waals surface area contributed by atoms with Crippen LogP contribution in [0, 0.1) is 5.82 Å². The van der Waals surface area contributed by atoms with E-state index in [0.29, 0.717) is 30.1 Å². The Morgan fingerprint density at radius 2 is 1.89 bits per heavy atom. The molecule has 28 heavy (non-hydrogen) atoms. The van der Waals surface area contributed by atoms with Crippen LogP contribution in [0.3, 0.4) is 0 Å². The van der Waals surface area contributed by atoms with E-state index < -0.39 is 0 Å². The summed E-state index contributed by atoms with van der Waals surface area (Å²) in [6.07, 6.45) is 3.91. The lowest BCUT2D eigenvalue weighted by Gasteiger charge is -2.23. The molecule has 152 valence electrons. The maximum atomic E-state index is 12.9. The minimum atomic E-state index is -0.291. The summed E-state index contributed by atoms with van der Waals surface area (Å²) in [5.74, 6) is 1.38. The molecular weight excluding hydrogens is 363 g/mol. The van der Waals surface area contributed by atoms with Crippen molar-refractivity contribution >= 4 is 0 Å². The van der Waals surface area contributed by atoms with Crippen LogP contribution in [0.5, 0.6) is 5.75 Å². The highest BCUT2D eigenvalue weighted by Gasteiger charge is 2.22. The summed E-state index contributed by atoms with van der Waals surface area (Å²) in [5.41, 5.74) is 0. The highest BCUT2D eigenvalue weighted by Crippen LogP contribution is 2.16. The fourth-order valence-corrected chi connectivity index (χ4v) is 3.72. The van der Waals surface area contributed by atoms with Gasteiger partial charge >= 0.3 is 0 Å². The van der Waals surface area contributed by atoms with E-state index in [4.69, 9.17) is 14.0 Å². The number of halogens is 1. The molecule has 0 amide bonds. The molecule has 0 spiro atoms. The lowest BCUT2D eigenvalue weighted by Crippen LogP contribution is -2.35. The van der Waals surface area contributed by atoms with Crippen LogP contribution < -0.4 is 4.74 Å². The molecule has 0 saturated carbocycles. The second kappa shape index (κ2) is 9.45. The van der Waals surface area contributed by atoms with E-state index in [1.54, 1.807) is 12.1 Å². The fourth-order valence-electron chi connectivity index (χ4n) is 3.72. The van der Waals surface area contributed by atoms with Crippen molar-refractivity contribution < 1.29 is 18.4 Å². The Kier molecular flexibility index (Phi) is 6.51. The predicted octanol–water partition coefficient (Wildman–Crippen LogP) is 2.47. The van der Waals surface area contributed by atoms with Crippen LogP contribution in [0.25, 0.3) is 0 Å². The number of nitrogens with zero attached hydrogens (tertiary/aromatic N) is 4. The van der Waals surface area contributed by atoms with Crippen molar-refractivity contribution in [3.8, 4) is 5.75 Å². The van der Waals surface area contributed by atoms with E-state index in [0.717, 1.165) is 45.8 Å². The third-order valence-electron chi connectivity index (χ3n) is 5.22. The molecule has 2 aliphatic rings. The molecule has 1 atom stereocenters. The van der Waals surface area contributed by atoms with Gasteiger partial charge in [-0.1, -0.05) is 5.16 Å². The lowest BCUT2D eigenvalue weighted by atomic mass is 10.2. The minimum absolute atomic E-state index is 0.199. The summed E-state index contributed by atoms with van der Waals surface area (Å²) in [7, 11) is 0. The number of ether oxygens (including phenoxy) is 2. The molecule has 7 nitrogen and oxygen atoms in total. The monoisotopic (exact) mass is 390 g/mol. The molecule has 2 aromatic rings. The molecule has 2 aliphatic heterocycles. The Labute approximate surface area is 164 Å². The van der Waals surface area contributed by atoms with Crippen LogP contribution in [0.1, 0.15) is 31.0 Å². The Bertz CT molecular complexity index is 733. The van der Waals surface area contributed by atoms with Gasteiger partial charge in [0.05, 0.1) is 12.6 Å². The third-order valence-corrected chi connectivity index (χ3v) is 5.22. The molecule has 1 aromatic carbocycles. The molecule has 0 radical (unpaired) electrons. The van der Waals surface area contributed by atoms with Crippen molar-refractivity contribution in [3.05, 3.63) is 41.8 Å². The normalized spacial score (nSPS) is 21.7. The van der Waals surface area contributed by atoms with Gasteiger partial charge < -0.3 is 14.0 Å². The molecule has 0 unspecified atom stereocenters. The number of hydrogen-bond acceptors (Lipinski definition) is 7. The van der Waals surface area contributed by atoms with Gasteiger partial charge in [0.15, 0.2) is 6.61 Å². The van der Waals surface area contributed by atoms with Gasteiger partial charge in [0.1, 0.15) is 11.6 Å². The van der Waals surface area contributed by atoms with Crippen LogP contribution in [-0.2, 0) is 17.9 Å². The summed E-state index contributed by atoms with van der Waals surface area (Å²) in [4.78, 5) is 9.28. The Morgan fingerprint density at radius 1 is 1.07 bits per heavy atom. The predicted molar refractivity (Wildman–Crippen MR) is 100 cm³/mol. The molecule has 4 rings (SSSR count). The van der Waals surface area contributed by atoms with Gasteiger partial charge in [-0.25, -0.2) is 4.39 Å². The first-order chi connectivity index (χ1) is 13.7. The maximum Gasteiger partial charge on any atom is 0.240 e. The van der Waals surface area contributed by atoms with E-state index >= 15 is 0 Å². The van der Waals surface area contributed by atoms with Gasteiger partial charge in [-0.15, -0.1) is 0 Å². The van der Waals surface area contributed by atoms with E-state index in [1.807, 2.05) is 0 Å². The van der Waals surface area contributed by atoms with Crippen molar-refractivity contribution in [2.24, 2.45) is 0 Å². The maximum absolute atomic E-state index is 12.9. The topological polar surface area (TPSA) is 63.9 Å². The quantitative estimate of drug-likeness (QED) is 0.720. The molecule has 8 heteroatoms. The second-order valence-corrected chi connectivity index (χ2v) is 7.41. The van der Waals surface area contributed by atoms with Gasteiger partial charge in [0.25, 0.3) is 0 Å². The smallest absolute Gasteiger partial charge is 0.240 e. The van der Waals surface area contributed by atoms with Gasteiger partial charge in [-0.05, 0) is 56.6 Å². The first kappa shape index (κ1) is 19.3. The van der Waals surface area contributed by atoms with Gasteiger partial charge in [0, 0.05) is 26.2 Å². The summed E-state index contributed by atoms with van der Waals surface area (Å²) in [6.45, 7) is 6.95. The Hall–Kier alpha value is -2.03. The zero-order valence-electron chi connectivity index (χ0n) is 16.1. The number of hydrogen-bond donors (Lipinski definition) is 0. The van der Waals surface area contributed by atoms with Gasteiger partial charge in [0.2, 0.25) is 11.7 Å². The van der Waals surface area contributed by atoms with Crippen molar-refractivity contribution in [1.29, 1.82) is 0 Å². The summed E-state index contributed by atoms with van der Waals surface area (Å²) < 4.78 is 29.6. The van der Waals surface area contributed by atoms with Crippen LogP contribution in [0.2, 0.25) is 0 Å². The average Bonchev–Trinajstić information content (AvgIpc) is 3.32. The van der Waals surface area contributed by atoms with Crippen molar-refractivity contribution in [3.63, 3.8) is 0 Å². The van der Waals surface area contributed by atoms with E-state index in [2.05, 4.69) is 19.9 Å². The summed E-state index contributed by atoms with van der Waals surface area (Å²) in [6, 6.07) is 5.88. The SMILES string of the molecule is Fc1ccc(OCc2noc(CN3CCCN(C[C@H]4CCCO4)CC3)n2)cc1. The molecule has 2 saturated heterocycles. The summed E-state index contributed by atoms with van der Waals surface area (Å²) in [5, 5.41) is 3.98. The largest absolute Gasteiger partial charge is 0.485 e. The molecule has 1 aromatic heterocycles. The van der Waals surface area contributed by atoms with Crippen LogP contribution in [-0.4, -0.2) is 65.4 Å². The van der Waals surface area contributed by atoms with Crippen LogP contribution in [0.15, 0.2) is 28.8 Å². The highest BCUT2D eigenvalue weighted by atomic mass is 19.1. The van der Waals surface area contributed by atoms with Crippen molar-refractivity contribution in [1.82, 2.24) is 19.9 Å². The molecular formula is C20H27FN4O3. The van der Waals surface area contributed by atoms with Gasteiger partial charge in [-0.3, -0.25) is 9.80 Å². The average molecular weight is 390 g/mol. The van der Waals surface area contributed by atoms with E-state index in [-0.39, 0.29) is 12.4 Å². The highest BCUT2D eigenvalue weighted by molar-refractivity contribution is 5.22. The van der Waals surface area contributed by atoms with E-state index in [1.165, 1.54) is 25.0 Å². The summed E-state index contributed by atoms with van der Waals surface area (Å²) >= 11 is 0. The van der Waals surface area contributed by atoms with Gasteiger partial charge in [-0.2, -0.15) is 4.98 Å². The van der Waals surface area contributed by atoms with Crippen LogP contribution >= 0.6 is 0 Å². The fraction of sp³-hybridized carbons (Fsp3) is 0.600. The standard InChI is InChI=1S/C20H27FN4O3/c21-16-4-6-17(7-5-16)27-15-19-22-20(28-23-19)14-25-9-2-8-24(10-11-25)13-18-3-1-12-26-18/h4-7,18H,1-3,8-15H2/t18-/m1/s1. The lowest BCUT2D eigenvalue weighted by molar-refractivity contribution is 0.0741. The first-order valence-electron chi connectivity index (χ1n) is 10.0. The number of aromatic nitrogens is 2. The van der Waals surface area contributed by atoms with Crippen LogP contribution in [0.4, 0.5) is 4.39 Å². The zero-order valence-corrected chi connectivity index (χ0v) is 16.1. The molecule has 0 bridgehead atoms. The Morgan fingerprint density at radius 3 is 2.71 bits per heavy atom. The van der Waals surface area contributed by atoms with E-state index in [9.17, 15) is 4.39 Å². The minimum Gasteiger partial charge on any atom is -0.485 e. The second-order valence-electron chi connectivity index (χ2n) is 7.41. The molecule has 0 aliphatic carbocycles.